The van der Waals surface area contributed by atoms with Crippen LogP contribution in [0.15, 0.2) is 42.7 Å². The largest absolute Gasteiger partial charge is 0.355 e. The highest BCUT2D eigenvalue weighted by molar-refractivity contribution is 5.90. The molecule has 1 aliphatic heterocycles. The summed E-state index contributed by atoms with van der Waals surface area (Å²) >= 11 is 0. The maximum atomic E-state index is 12.5. The average Bonchev–Trinajstić information content (AvgIpc) is 2.77. The highest BCUT2D eigenvalue weighted by Crippen LogP contribution is 2.28. The van der Waals surface area contributed by atoms with Gasteiger partial charge in [-0.1, -0.05) is 24.3 Å². The molecule has 2 N–H and O–H groups in total. The van der Waals surface area contributed by atoms with Crippen LogP contribution in [0.25, 0.3) is 10.9 Å². The molecule has 1 amide bonds. The molecule has 1 aromatic carbocycles. The first-order valence-corrected chi connectivity index (χ1v) is 11.0. The molecule has 7 nitrogen and oxygen atoms in total. The van der Waals surface area contributed by atoms with Crippen molar-refractivity contribution in [1.82, 2.24) is 20.3 Å². The summed E-state index contributed by atoms with van der Waals surface area (Å²) in [6.07, 6.45) is 5.49. The second-order valence-corrected chi connectivity index (χ2v) is 8.49. The van der Waals surface area contributed by atoms with Crippen molar-refractivity contribution in [3.63, 3.8) is 0 Å². The first-order chi connectivity index (χ1) is 15.0. The number of benzene rings is 1. The monoisotopic (exact) mass is 418 g/mol. The van der Waals surface area contributed by atoms with Gasteiger partial charge in [0.2, 0.25) is 11.9 Å². The van der Waals surface area contributed by atoms with Crippen molar-refractivity contribution in [2.24, 2.45) is 5.92 Å². The average molecular weight is 419 g/mol. The van der Waals surface area contributed by atoms with E-state index in [1.165, 1.54) is 11.1 Å². The Morgan fingerprint density at radius 2 is 2.06 bits per heavy atom. The number of aromatic nitrogens is 3. The maximum Gasteiger partial charge on any atom is 0.225 e. The molecule has 0 bridgehead atoms. The summed E-state index contributed by atoms with van der Waals surface area (Å²) in [6.45, 7) is 8.31. The molecular weight excluding hydrogens is 388 g/mol. The molecule has 3 aromatic rings. The van der Waals surface area contributed by atoms with Crippen LogP contribution in [0.1, 0.15) is 37.8 Å². The van der Waals surface area contributed by atoms with Gasteiger partial charge in [0, 0.05) is 38.1 Å². The van der Waals surface area contributed by atoms with E-state index in [2.05, 4.69) is 44.6 Å². The molecular formula is C24H30N6O. The molecule has 1 atom stereocenters. The lowest BCUT2D eigenvalue weighted by Crippen LogP contribution is -2.45. The highest BCUT2D eigenvalue weighted by atomic mass is 16.2. The Morgan fingerprint density at radius 3 is 2.87 bits per heavy atom. The maximum absolute atomic E-state index is 12.5. The van der Waals surface area contributed by atoms with Gasteiger partial charge in [0.05, 0.1) is 16.8 Å². The zero-order valence-corrected chi connectivity index (χ0v) is 18.4. The smallest absolute Gasteiger partial charge is 0.225 e. The van der Waals surface area contributed by atoms with Crippen LogP contribution < -0.4 is 15.5 Å². The fraction of sp³-hybridized carbons (Fsp3) is 0.417. The number of hydrogen-bond donors (Lipinski definition) is 2. The number of carbonyl (C=O) groups is 1. The number of pyridine rings is 1. The van der Waals surface area contributed by atoms with E-state index in [1.807, 2.05) is 38.2 Å². The number of amides is 1. The summed E-state index contributed by atoms with van der Waals surface area (Å²) < 4.78 is 0. The van der Waals surface area contributed by atoms with Gasteiger partial charge >= 0.3 is 0 Å². The zero-order valence-electron chi connectivity index (χ0n) is 18.4. The van der Waals surface area contributed by atoms with Gasteiger partial charge in [0.1, 0.15) is 5.82 Å². The van der Waals surface area contributed by atoms with Crippen LogP contribution in [0.2, 0.25) is 0 Å². The van der Waals surface area contributed by atoms with Crippen molar-refractivity contribution in [1.29, 1.82) is 0 Å². The third kappa shape index (κ3) is 4.93. The minimum Gasteiger partial charge on any atom is -0.355 e. The second-order valence-electron chi connectivity index (χ2n) is 8.49. The van der Waals surface area contributed by atoms with Crippen LogP contribution in [-0.4, -0.2) is 40.0 Å². The van der Waals surface area contributed by atoms with Crippen LogP contribution in [0, 0.1) is 12.8 Å². The van der Waals surface area contributed by atoms with Gasteiger partial charge in [-0.3, -0.25) is 4.79 Å². The lowest BCUT2D eigenvalue weighted by atomic mass is 9.96. The summed E-state index contributed by atoms with van der Waals surface area (Å²) in [4.78, 5) is 28.6. The highest BCUT2D eigenvalue weighted by Gasteiger charge is 2.27. The Hall–Kier alpha value is -3.22. The predicted octanol–water partition coefficient (Wildman–Crippen LogP) is 3.69. The topological polar surface area (TPSA) is 83.0 Å². The molecule has 162 valence electrons. The van der Waals surface area contributed by atoms with Crippen molar-refractivity contribution in [2.75, 3.05) is 23.3 Å². The molecule has 1 unspecified atom stereocenters. The van der Waals surface area contributed by atoms with Crippen molar-refractivity contribution in [3.05, 3.63) is 53.9 Å². The molecule has 2 aromatic heterocycles. The van der Waals surface area contributed by atoms with Crippen molar-refractivity contribution in [2.45, 2.75) is 46.2 Å². The first kappa shape index (κ1) is 21.0. The summed E-state index contributed by atoms with van der Waals surface area (Å²) in [5, 5.41) is 7.28. The van der Waals surface area contributed by atoms with E-state index in [0.717, 1.165) is 36.1 Å². The predicted molar refractivity (Wildman–Crippen MR) is 124 cm³/mol. The van der Waals surface area contributed by atoms with Crippen molar-refractivity contribution < 1.29 is 4.79 Å². The van der Waals surface area contributed by atoms with Gasteiger partial charge in [-0.15, -0.1) is 0 Å². The van der Waals surface area contributed by atoms with E-state index in [9.17, 15) is 4.79 Å². The van der Waals surface area contributed by atoms with Gasteiger partial charge in [0.25, 0.3) is 0 Å². The number of fused-ring (bicyclic) bond motifs is 1. The summed E-state index contributed by atoms with van der Waals surface area (Å²) in [6, 6.07) is 10.3. The summed E-state index contributed by atoms with van der Waals surface area (Å²) in [7, 11) is 0. The van der Waals surface area contributed by atoms with Crippen LogP contribution in [0.3, 0.4) is 0 Å². The molecule has 1 aliphatic rings. The number of rotatable bonds is 6. The Labute approximate surface area is 183 Å². The van der Waals surface area contributed by atoms with Crippen molar-refractivity contribution in [3.8, 4) is 0 Å². The van der Waals surface area contributed by atoms with E-state index >= 15 is 0 Å². The van der Waals surface area contributed by atoms with Crippen LogP contribution >= 0.6 is 0 Å². The quantitative estimate of drug-likeness (QED) is 0.635. The SMILES string of the molecule is Cc1ccccc1CNc1ncc2c(N3CCCC(C(=O)NC(C)C)C3)nccc2n1. The normalized spacial score (nSPS) is 16.5. The molecule has 1 saturated heterocycles. The van der Waals surface area contributed by atoms with E-state index in [0.29, 0.717) is 19.0 Å². The lowest BCUT2D eigenvalue weighted by molar-refractivity contribution is -0.125. The number of carbonyl (C=O) groups excluding carboxylic acids is 1. The summed E-state index contributed by atoms with van der Waals surface area (Å²) in [5.74, 6) is 1.55. The van der Waals surface area contributed by atoms with Crippen LogP contribution in [-0.2, 0) is 11.3 Å². The third-order valence-electron chi connectivity index (χ3n) is 5.71. The standard InChI is InChI=1S/C24H30N6O/c1-16(2)28-23(31)19-9-6-12-30(15-19)22-20-14-27-24(29-21(20)10-11-25-22)26-13-18-8-5-4-7-17(18)3/h4-5,7-8,10-11,14,16,19H,6,9,12-13,15H2,1-3H3,(H,28,31)(H,26,27,29). The van der Waals surface area contributed by atoms with E-state index in [1.54, 1.807) is 6.20 Å². The van der Waals surface area contributed by atoms with Gasteiger partial charge in [-0.05, 0) is 50.8 Å². The number of hydrogen-bond acceptors (Lipinski definition) is 6. The van der Waals surface area contributed by atoms with Gasteiger partial charge in [-0.25, -0.2) is 15.0 Å². The molecule has 0 saturated carbocycles. The number of nitrogens with one attached hydrogen (secondary N) is 2. The summed E-state index contributed by atoms with van der Waals surface area (Å²) in [5.41, 5.74) is 3.31. The third-order valence-corrected chi connectivity index (χ3v) is 5.71. The number of aryl methyl sites for hydroxylation is 1. The minimum atomic E-state index is -0.0239. The second kappa shape index (κ2) is 9.29. The van der Waals surface area contributed by atoms with Crippen molar-refractivity contribution >= 4 is 28.6 Å². The van der Waals surface area contributed by atoms with Gasteiger partial charge in [0.15, 0.2) is 0 Å². The van der Waals surface area contributed by atoms with Gasteiger partial charge < -0.3 is 15.5 Å². The molecule has 0 spiro atoms. The molecule has 4 rings (SSSR count). The van der Waals surface area contributed by atoms with Crippen LogP contribution in [0.5, 0.6) is 0 Å². The Morgan fingerprint density at radius 1 is 1.23 bits per heavy atom. The van der Waals surface area contributed by atoms with Crippen LogP contribution in [0.4, 0.5) is 11.8 Å². The van der Waals surface area contributed by atoms with E-state index < -0.39 is 0 Å². The Bertz CT molecular complexity index is 1070. The first-order valence-electron chi connectivity index (χ1n) is 11.0. The Balaban J connectivity index is 1.51. The molecule has 0 radical (unpaired) electrons. The number of anilines is 2. The molecule has 7 heteroatoms. The minimum absolute atomic E-state index is 0.0239. The Kier molecular flexibility index (Phi) is 6.30. The molecule has 31 heavy (non-hydrogen) atoms. The molecule has 0 aliphatic carbocycles. The molecule has 3 heterocycles. The van der Waals surface area contributed by atoms with Gasteiger partial charge in [-0.2, -0.15) is 0 Å². The number of nitrogens with zero attached hydrogens (tertiary/aromatic N) is 4. The number of piperidine rings is 1. The molecule has 1 fully saturated rings. The fourth-order valence-electron chi connectivity index (χ4n) is 4.05. The lowest BCUT2D eigenvalue weighted by Gasteiger charge is -2.33. The van der Waals surface area contributed by atoms with E-state index in [4.69, 9.17) is 4.98 Å². The van der Waals surface area contributed by atoms with E-state index in [-0.39, 0.29) is 17.9 Å². The fourth-order valence-corrected chi connectivity index (χ4v) is 4.05. The zero-order chi connectivity index (χ0) is 21.8.